The number of benzene rings is 1. The van der Waals surface area contributed by atoms with Crippen LogP contribution in [0.5, 0.6) is 0 Å². The van der Waals surface area contributed by atoms with Crippen LogP contribution in [0.15, 0.2) is 24.3 Å². The zero-order chi connectivity index (χ0) is 8.27. The lowest BCUT2D eigenvalue weighted by Gasteiger charge is -2.06. The highest BCUT2D eigenvalue weighted by molar-refractivity contribution is 5.85. The van der Waals surface area contributed by atoms with Gasteiger partial charge >= 0.3 is 0 Å². The third-order valence-corrected chi connectivity index (χ3v) is 1.49. The number of hydrogen-bond donors (Lipinski definition) is 2. The molecular formula is C8H11ClFNO. The van der Waals surface area contributed by atoms with Gasteiger partial charge in [-0.15, -0.1) is 12.4 Å². The molecule has 0 amide bonds. The van der Waals surface area contributed by atoms with Gasteiger partial charge in [0.2, 0.25) is 0 Å². The molecule has 2 nitrogen and oxygen atoms in total. The molecule has 0 saturated carbocycles. The Labute approximate surface area is 76.6 Å². The topological polar surface area (TPSA) is 46.2 Å². The Morgan fingerprint density at radius 2 is 1.83 bits per heavy atom. The minimum atomic E-state index is -0.407. The van der Waals surface area contributed by atoms with Gasteiger partial charge in [0, 0.05) is 0 Å². The molecule has 1 aromatic rings. The standard InChI is InChI=1S/C8H10FNO.ClH/c9-7-3-1-6(2-4-7)8(10)5-11;/h1-4,8,11H,5,10H2;1H. The first-order valence-corrected chi connectivity index (χ1v) is 3.36. The van der Waals surface area contributed by atoms with Gasteiger partial charge in [0.05, 0.1) is 12.6 Å². The summed E-state index contributed by atoms with van der Waals surface area (Å²) >= 11 is 0. The van der Waals surface area contributed by atoms with Crippen LogP contribution in [0.1, 0.15) is 11.6 Å². The molecule has 0 bridgehead atoms. The molecule has 0 radical (unpaired) electrons. The fourth-order valence-corrected chi connectivity index (χ4v) is 0.815. The first kappa shape index (κ1) is 11.4. The minimum absolute atomic E-state index is 0. The molecule has 0 aliphatic rings. The summed E-state index contributed by atoms with van der Waals surface area (Å²) in [7, 11) is 0. The van der Waals surface area contributed by atoms with Crippen LogP contribution in [-0.2, 0) is 0 Å². The average Bonchev–Trinajstić information content (AvgIpc) is 2.05. The van der Waals surface area contributed by atoms with Crippen molar-refractivity contribution in [3.8, 4) is 0 Å². The molecule has 12 heavy (non-hydrogen) atoms. The molecule has 1 rings (SSSR count). The molecule has 0 fully saturated rings. The molecular weight excluding hydrogens is 181 g/mol. The second-order valence-electron chi connectivity index (χ2n) is 2.34. The molecule has 1 atom stereocenters. The van der Waals surface area contributed by atoms with Crippen molar-refractivity contribution < 1.29 is 9.50 Å². The fourth-order valence-electron chi connectivity index (χ4n) is 0.815. The molecule has 4 heteroatoms. The van der Waals surface area contributed by atoms with E-state index < -0.39 is 6.04 Å². The van der Waals surface area contributed by atoms with Crippen molar-refractivity contribution in [2.24, 2.45) is 5.73 Å². The highest BCUT2D eigenvalue weighted by atomic mass is 35.5. The monoisotopic (exact) mass is 191 g/mol. The van der Waals surface area contributed by atoms with E-state index in [1.165, 1.54) is 12.1 Å². The van der Waals surface area contributed by atoms with Crippen molar-refractivity contribution in [1.82, 2.24) is 0 Å². The number of rotatable bonds is 2. The lowest BCUT2D eigenvalue weighted by Crippen LogP contribution is -2.14. The van der Waals surface area contributed by atoms with Gasteiger partial charge < -0.3 is 10.8 Å². The molecule has 1 unspecified atom stereocenters. The summed E-state index contributed by atoms with van der Waals surface area (Å²) in [5, 5.41) is 8.64. The van der Waals surface area contributed by atoms with E-state index in [2.05, 4.69) is 0 Å². The van der Waals surface area contributed by atoms with Crippen molar-refractivity contribution in [3.05, 3.63) is 35.6 Å². The summed E-state index contributed by atoms with van der Waals surface area (Å²) in [6.45, 7) is -0.119. The largest absolute Gasteiger partial charge is 0.394 e. The molecule has 0 aromatic heterocycles. The Morgan fingerprint density at radius 1 is 1.33 bits per heavy atom. The zero-order valence-corrected chi connectivity index (χ0v) is 7.22. The second-order valence-corrected chi connectivity index (χ2v) is 2.34. The van der Waals surface area contributed by atoms with Crippen LogP contribution in [0.2, 0.25) is 0 Å². The first-order valence-electron chi connectivity index (χ1n) is 3.36. The Kier molecular flexibility index (Phi) is 4.81. The molecule has 1 aromatic carbocycles. The van der Waals surface area contributed by atoms with Crippen LogP contribution in [0.3, 0.4) is 0 Å². The van der Waals surface area contributed by atoms with E-state index in [1.807, 2.05) is 0 Å². The third-order valence-electron chi connectivity index (χ3n) is 1.49. The SMILES string of the molecule is Cl.NC(CO)c1ccc(F)cc1. The van der Waals surface area contributed by atoms with Gasteiger partial charge in [-0.25, -0.2) is 4.39 Å². The normalized spacial score (nSPS) is 11.9. The van der Waals surface area contributed by atoms with E-state index in [0.29, 0.717) is 0 Å². The van der Waals surface area contributed by atoms with Gasteiger partial charge in [0.15, 0.2) is 0 Å². The van der Waals surface area contributed by atoms with Gasteiger partial charge in [0.25, 0.3) is 0 Å². The Bertz CT molecular complexity index is 227. The van der Waals surface area contributed by atoms with Crippen molar-refractivity contribution in [1.29, 1.82) is 0 Å². The van der Waals surface area contributed by atoms with Gasteiger partial charge in [-0.3, -0.25) is 0 Å². The number of aliphatic hydroxyl groups is 1. The van der Waals surface area contributed by atoms with Crippen molar-refractivity contribution >= 4 is 12.4 Å². The number of nitrogens with two attached hydrogens (primary N) is 1. The third kappa shape index (κ3) is 2.77. The van der Waals surface area contributed by atoms with Crippen LogP contribution in [0.25, 0.3) is 0 Å². The fraction of sp³-hybridized carbons (Fsp3) is 0.250. The average molecular weight is 192 g/mol. The van der Waals surface area contributed by atoms with E-state index in [4.69, 9.17) is 10.8 Å². The minimum Gasteiger partial charge on any atom is -0.394 e. The summed E-state index contributed by atoms with van der Waals surface area (Å²) in [5.41, 5.74) is 6.22. The zero-order valence-electron chi connectivity index (χ0n) is 6.40. The quantitative estimate of drug-likeness (QED) is 0.739. The summed E-state index contributed by atoms with van der Waals surface area (Å²) in [6, 6.07) is 5.37. The van der Waals surface area contributed by atoms with E-state index in [-0.39, 0.29) is 24.8 Å². The molecule has 0 heterocycles. The van der Waals surface area contributed by atoms with Crippen molar-refractivity contribution in [3.63, 3.8) is 0 Å². The Balaban J connectivity index is 0.00000121. The lowest BCUT2D eigenvalue weighted by atomic mass is 10.1. The summed E-state index contributed by atoms with van der Waals surface area (Å²) in [4.78, 5) is 0. The first-order chi connectivity index (χ1) is 5.24. The summed E-state index contributed by atoms with van der Waals surface area (Å²) in [6.07, 6.45) is 0. The maximum absolute atomic E-state index is 12.4. The van der Waals surface area contributed by atoms with Crippen molar-refractivity contribution in [2.45, 2.75) is 6.04 Å². The molecule has 68 valence electrons. The number of hydrogen-bond acceptors (Lipinski definition) is 2. The molecule has 3 N–H and O–H groups in total. The summed E-state index contributed by atoms with van der Waals surface area (Å²) in [5.74, 6) is -0.293. The van der Waals surface area contributed by atoms with E-state index in [9.17, 15) is 4.39 Å². The van der Waals surface area contributed by atoms with Crippen molar-refractivity contribution in [2.75, 3.05) is 6.61 Å². The summed E-state index contributed by atoms with van der Waals surface area (Å²) < 4.78 is 12.4. The van der Waals surface area contributed by atoms with Crippen LogP contribution in [0, 0.1) is 5.82 Å². The highest BCUT2D eigenvalue weighted by Crippen LogP contribution is 2.09. The van der Waals surface area contributed by atoms with Gasteiger partial charge in [0.1, 0.15) is 5.82 Å². The Hall–Kier alpha value is -0.640. The lowest BCUT2D eigenvalue weighted by molar-refractivity contribution is 0.268. The Morgan fingerprint density at radius 3 is 2.25 bits per heavy atom. The maximum Gasteiger partial charge on any atom is 0.123 e. The van der Waals surface area contributed by atoms with Gasteiger partial charge in [-0.05, 0) is 17.7 Å². The maximum atomic E-state index is 12.4. The number of halogens is 2. The smallest absolute Gasteiger partial charge is 0.123 e. The van der Waals surface area contributed by atoms with E-state index in [0.717, 1.165) is 5.56 Å². The molecule has 0 aliphatic heterocycles. The predicted molar refractivity (Wildman–Crippen MR) is 47.7 cm³/mol. The van der Waals surface area contributed by atoms with Crippen LogP contribution >= 0.6 is 12.4 Å². The van der Waals surface area contributed by atoms with Gasteiger partial charge in [-0.2, -0.15) is 0 Å². The van der Waals surface area contributed by atoms with Crippen LogP contribution in [0.4, 0.5) is 4.39 Å². The highest BCUT2D eigenvalue weighted by Gasteiger charge is 2.02. The van der Waals surface area contributed by atoms with Crippen LogP contribution < -0.4 is 5.73 Å². The number of aliphatic hydroxyl groups excluding tert-OH is 1. The second kappa shape index (κ2) is 5.09. The van der Waals surface area contributed by atoms with Crippen LogP contribution in [-0.4, -0.2) is 11.7 Å². The molecule has 0 aliphatic carbocycles. The van der Waals surface area contributed by atoms with E-state index in [1.54, 1.807) is 12.1 Å². The molecule has 0 saturated heterocycles. The predicted octanol–water partition coefficient (Wildman–Crippen LogP) is 1.24. The molecule has 0 spiro atoms. The van der Waals surface area contributed by atoms with Gasteiger partial charge in [-0.1, -0.05) is 12.1 Å². The van der Waals surface area contributed by atoms with E-state index >= 15 is 0 Å².